The number of esters is 2. The predicted molar refractivity (Wildman–Crippen MR) is 130 cm³/mol. The van der Waals surface area contributed by atoms with E-state index in [1.54, 1.807) is 0 Å². The minimum absolute atomic E-state index is 0.0296. The van der Waals surface area contributed by atoms with E-state index >= 15 is 0 Å². The summed E-state index contributed by atoms with van der Waals surface area (Å²) < 4.78 is 10.4. The van der Waals surface area contributed by atoms with E-state index in [4.69, 9.17) is 9.47 Å². The van der Waals surface area contributed by atoms with Gasteiger partial charge in [-0.1, -0.05) is 36.7 Å². The summed E-state index contributed by atoms with van der Waals surface area (Å²) >= 11 is 3.96. The van der Waals surface area contributed by atoms with E-state index in [1.165, 1.54) is 20.5 Å². The number of hydrogen-bond donors (Lipinski definition) is 0. The van der Waals surface area contributed by atoms with Gasteiger partial charge < -0.3 is 9.47 Å². The van der Waals surface area contributed by atoms with Crippen LogP contribution in [-0.2, 0) is 23.9 Å². The number of fused-ring (bicyclic) bond motifs is 5. The van der Waals surface area contributed by atoms with Crippen LogP contribution in [0.2, 0.25) is 0 Å². The number of ketones is 1. The molecule has 186 valence electrons. The molecule has 0 aromatic carbocycles. The van der Waals surface area contributed by atoms with Crippen LogP contribution in [0.4, 0.5) is 0 Å². The fourth-order valence-electron chi connectivity index (χ4n) is 8.92. The molecule has 0 heterocycles. The normalized spacial score (nSPS) is 45.4. The van der Waals surface area contributed by atoms with E-state index in [1.807, 2.05) is 0 Å². The molecule has 5 nitrogen and oxygen atoms in total. The van der Waals surface area contributed by atoms with Crippen LogP contribution in [0, 0.1) is 46.3 Å². The third-order valence-electron chi connectivity index (χ3n) is 10.5. The summed E-state index contributed by atoms with van der Waals surface area (Å²) in [6, 6.07) is 0. The lowest BCUT2D eigenvalue weighted by Gasteiger charge is -2.62. The number of halogens is 1. The van der Waals surface area contributed by atoms with Crippen molar-refractivity contribution in [1.82, 2.24) is 0 Å². The van der Waals surface area contributed by atoms with Crippen LogP contribution >= 0.6 is 15.9 Å². The molecular weight excluding hydrogens is 484 g/mol. The third kappa shape index (κ3) is 4.10. The van der Waals surface area contributed by atoms with Crippen molar-refractivity contribution in [2.75, 3.05) is 7.11 Å². The van der Waals surface area contributed by atoms with Gasteiger partial charge in [-0.2, -0.15) is 0 Å². The Morgan fingerprint density at radius 2 is 1.88 bits per heavy atom. The standard InChI is InChI=1S/C27H41BrO5/c1-15(6-11-22(30)32-5)20-9-10-21-19-8-7-17-14-18(33-16(2)29)12-13-26(17,3)23(19)24(28)25(31)27(20,21)4/h15,17-21,23-24H,6-14H2,1-5H3/t15-,17+,18+,19-,20-,21+,23-,24+,26-,27+/m0/s1. The number of methoxy groups -OCH3 is 1. The Kier molecular flexibility index (Phi) is 7.08. The number of Topliss-reactive ketones (excluding diaryl/α,β-unsaturated/α-hetero) is 1. The number of hydrogen-bond acceptors (Lipinski definition) is 5. The fraction of sp³-hybridized carbons (Fsp3) is 0.889. The molecule has 4 aliphatic rings. The van der Waals surface area contributed by atoms with Crippen molar-refractivity contribution in [1.29, 1.82) is 0 Å². The van der Waals surface area contributed by atoms with E-state index in [0.29, 0.717) is 47.7 Å². The molecule has 4 rings (SSSR count). The van der Waals surface area contributed by atoms with Crippen LogP contribution in [0.25, 0.3) is 0 Å². The highest BCUT2D eigenvalue weighted by Gasteiger charge is 2.66. The molecule has 0 bridgehead atoms. The maximum atomic E-state index is 14.1. The summed E-state index contributed by atoms with van der Waals surface area (Å²) in [7, 11) is 1.44. The molecule has 0 aliphatic heterocycles. The highest BCUT2D eigenvalue weighted by Crippen LogP contribution is 2.68. The van der Waals surface area contributed by atoms with Crippen molar-refractivity contribution in [3.63, 3.8) is 0 Å². The highest BCUT2D eigenvalue weighted by molar-refractivity contribution is 9.10. The van der Waals surface area contributed by atoms with Crippen LogP contribution in [0.1, 0.15) is 85.5 Å². The molecule has 0 saturated heterocycles. The van der Waals surface area contributed by atoms with Crippen molar-refractivity contribution in [3.05, 3.63) is 0 Å². The first kappa shape index (κ1) is 25.2. The third-order valence-corrected chi connectivity index (χ3v) is 11.5. The molecule has 0 aromatic heterocycles. The molecule has 4 saturated carbocycles. The zero-order valence-electron chi connectivity index (χ0n) is 20.9. The molecule has 0 amide bonds. The maximum Gasteiger partial charge on any atom is 0.305 e. The highest BCUT2D eigenvalue weighted by atomic mass is 79.9. The van der Waals surface area contributed by atoms with Crippen molar-refractivity contribution in [2.45, 2.75) is 96.4 Å². The van der Waals surface area contributed by atoms with E-state index in [2.05, 4.69) is 36.7 Å². The summed E-state index contributed by atoms with van der Waals surface area (Å²) in [5, 5.41) is 0. The molecule has 0 radical (unpaired) electrons. The van der Waals surface area contributed by atoms with Crippen LogP contribution in [0.3, 0.4) is 0 Å². The Bertz CT molecular complexity index is 797. The minimum Gasteiger partial charge on any atom is -0.469 e. The lowest BCUT2D eigenvalue weighted by molar-refractivity contribution is -0.165. The van der Waals surface area contributed by atoms with Crippen LogP contribution in [0.5, 0.6) is 0 Å². The van der Waals surface area contributed by atoms with Gasteiger partial charge in [0.15, 0.2) is 5.78 Å². The second kappa shape index (κ2) is 9.28. The first-order valence-electron chi connectivity index (χ1n) is 13.0. The van der Waals surface area contributed by atoms with E-state index < -0.39 is 0 Å². The van der Waals surface area contributed by atoms with Gasteiger partial charge in [-0.3, -0.25) is 14.4 Å². The molecular formula is C27H41BrO5. The molecule has 4 aliphatic carbocycles. The molecule has 6 heteroatoms. The molecule has 0 unspecified atom stereocenters. The molecule has 33 heavy (non-hydrogen) atoms. The number of ether oxygens (including phenoxy) is 2. The SMILES string of the molecule is COC(=O)CC[C@H](C)[C@@H]1CC[C@@H]2[C@@H]3CC[C@@H]4C[C@H](OC(C)=O)CC[C@]4(C)[C@@H]3[C@@H](Br)C(=O)[C@@]21C. The predicted octanol–water partition coefficient (Wildman–Crippen LogP) is 5.72. The summed E-state index contributed by atoms with van der Waals surface area (Å²) in [4.78, 5) is 37.2. The number of carbonyl (C=O) groups is 3. The Morgan fingerprint density at radius 1 is 1.15 bits per heavy atom. The van der Waals surface area contributed by atoms with Gasteiger partial charge >= 0.3 is 11.9 Å². The van der Waals surface area contributed by atoms with E-state index in [-0.39, 0.29) is 33.7 Å². The fourth-order valence-corrected chi connectivity index (χ4v) is 10.4. The second-order valence-electron chi connectivity index (χ2n) is 11.9. The average molecular weight is 526 g/mol. The Labute approximate surface area is 207 Å². The Hall–Kier alpha value is -0.910. The van der Waals surface area contributed by atoms with Gasteiger partial charge in [-0.25, -0.2) is 0 Å². The van der Waals surface area contributed by atoms with Crippen LogP contribution in [-0.4, -0.2) is 35.8 Å². The first-order chi connectivity index (χ1) is 15.5. The van der Waals surface area contributed by atoms with Gasteiger partial charge in [0.1, 0.15) is 6.10 Å². The molecule has 0 aromatic rings. The number of rotatable bonds is 5. The molecule has 0 spiro atoms. The summed E-state index contributed by atoms with van der Waals surface area (Å²) in [5.74, 6) is 2.54. The summed E-state index contributed by atoms with van der Waals surface area (Å²) in [5.41, 5.74) is -0.206. The molecule has 10 atom stereocenters. The van der Waals surface area contributed by atoms with E-state index in [0.717, 1.165) is 44.9 Å². The molecule has 4 fully saturated rings. The van der Waals surface area contributed by atoms with Gasteiger partial charge in [0.05, 0.1) is 11.9 Å². The average Bonchev–Trinajstić information content (AvgIpc) is 3.13. The smallest absolute Gasteiger partial charge is 0.305 e. The quantitative estimate of drug-likeness (QED) is 0.339. The Morgan fingerprint density at radius 3 is 2.55 bits per heavy atom. The van der Waals surface area contributed by atoms with Gasteiger partial charge in [-0.05, 0) is 92.3 Å². The van der Waals surface area contributed by atoms with Crippen molar-refractivity contribution in [2.24, 2.45) is 46.3 Å². The van der Waals surface area contributed by atoms with Gasteiger partial charge in [0.2, 0.25) is 0 Å². The molecule has 0 N–H and O–H groups in total. The second-order valence-corrected chi connectivity index (χ2v) is 12.9. The lowest BCUT2D eigenvalue weighted by atomic mass is 9.44. The maximum absolute atomic E-state index is 14.1. The zero-order valence-corrected chi connectivity index (χ0v) is 22.5. The zero-order chi connectivity index (χ0) is 24.1. The van der Waals surface area contributed by atoms with Gasteiger partial charge in [0.25, 0.3) is 0 Å². The van der Waals surface area contributed by atoms with Gasteiger partial charge in [0, 0.05) is 18.8 Å². The van der Waals surface area contributed by atoms with Crippen LogP contribution < -0.4 is 0 Å². The van der Waals surface area contributed by atoms with Crippen LogP contribution in [0.15, 0.2) is 0 Å². The summed E-state index contributed by atoms with van der Waals surface area (Å²) in [6.45, 7) is 8.37. The van der Waals surface area contributed by atoms with Crippen molar-refractivity contribution < 1.29 is 23.9 Å². The number of carbonyl (C=O) groups excluding carboxylic acids is 3. The number of alkyl halides is 1. The largest absolute Gasteiger partial charge is 0.469 e. The lowest BCUT2D eigenvalue weighted by Crippen LogP contribution is -2.62. The van der Waals surface area contributed by atoms with E-state index in [9.17, 15) is 14.4 Å². The topological polar surface area (TPSA) is 69.7 Å². The minimum atomic E-state index is -0.316. The Balaban J connectivity index is 1.55. The first-order valence-corrected chi connectivity index (χ1v) is 13.9. The van der Waals surface area contributed by atoms with Gasteiger partial charge in [-0.15, -0.1) is 0 Å². The van der Waals surface area contributed by atoms with Crippen molar-refractivity contribution >= 4 is 33.7 Å². The summed E-state index contributed by atoms with van der Waals surface area (Å²) in [6.07, 6.45) is 8.62. The monoisotopic (exact) mass is 524 g/mol. The van der Waals surface area contributed by atoms with Crippen molar-refractivity contribution in [3.8, 4) is 0 Å².